The third kappa shape index (κ3) is 4.86. The summed E-state index contributed by atoms with van der Waals surface area (Å²) in [6.45, 7) is 4.37. The van der Waals surface area contributed by atoms with Gasteiger partial charge in [-0.2, -0.15) is 5.26 Å². The molecular weight excluding hydrogens is 210 g/mol. The van der Waals surface area contributed by atoms with Crippen LogP contribution in [0.3, 0.4) is 0 Å². The van der Waals surface area contributed by atoms with E-state index in [9.17, 15) is 0 Å². The maximum atomic E-state index is 8.96. The van der Waals surface area contributed by atoms with Gasteiger partial charge in [-0.15, -0.1) is 0 Å². The summed E-state index contributed by atoms with van der Waals surface area (Å²) in [6, 6.07) is 4.31. The highest BCUT2D eigenvalue weighted by molar-refractivity contribution is 5.55. The number of aromatic nitrogens is 1. The Morgan fingerprint density at radius 3 is 2.94 bits per heavy atom. The van der Waals surface area contributed by atoms with Crippen molar-refractivity contribution in [3.05, 3.63) is 24.0 Å². The molecule has 1 unspecified atom stereocenters. The minimum Gasteiger partial charge on any atom is -0.380 e. The third-order valence-electron chi connectivity index (χ3n) is 2.83. The lowest BCUT2D eigenvalue weighted by Gasteiger charge is -2.15. The zero-order valence-corrected chi connectivity index (χ0v) is 10.7. The zero-order chi connectivity index (χ0) is 12.5. The highest BCUT2D eigenvalue weighted by atomic mass is 14.9. The van der Waals surface area contributed by atoms with Gasteiger partial charge in [0.1, 0.15) is 6.07 Å². The summed E-state index contributed by atoms with van der Waals surface area (Å²) in [4.78, 5) is 4.04. The van der Waals surface area contributed by atoms with Crippen LogP contribution in [0.15, 0.2) is 18.5 Å². The summed E-state index contributed by atoms with van der Waals surface area (Å²) in [5.74, 6) is 0. The molecule has 0 spiro atoms. The fraction of sp³-hybridized carbons (Fsp3) is 0.571. The van der Waals surface area contributed by atoms with E-state index in [1.807, 2.05) is 0 Å². The van der Waals surface area contributed by atoms with E-state index in [-0.39, 0.29) is 0 Å². The van der Waals surface area contributed by atoms with Gasteiger partial charge in [0.15, 0.2) is 0 Å². The average molecular weight is 231 g/mol. The van der Waals surface area contributed by atoms with Gasteiger partial charge in [-0.25, -0.2) is 0 Å². The predicted molar refractivity (Wildman–Crippen MR) is 70.8 cm³/mol. The molecule has 1 N–H and O–H groups in total. The first-order valence-electron chi connectivity index (χ1n) is 6.38. The lowest BCUT2D eigenvalue weighted by atomic mass is 10.1. The molecule has 0 aliphatic rings. The third-order valence-corrected chi connectivity index (χ3v) is 2.83. The van der Waals surface area contributed by atoms with Crippen molar-refractivity contribution in [1.29, 1.82) is 5.26 Å². The van der Waals surface area contributed by atoms with Gasteiger partial charge in [-0.3, -0.25) is 4.98 Å². The largest absolute Gasteiger partial charge is 0.380 e. The molecule has 0 saturated heterocycles. The van der Waals surface area contributed by atoms with E-state index < -0.39 is 0 Å². The number of hydrogen-bond acceptors (Lipinski definition) is 3. The monoisotopic (exact) mass is 231 g/mol. The van der Waals surface area contributed by atoms with E-state index in [0.29, 0.717) is 11.6 Å². The maximum Gasteiger partial charge on any atom is 0.101 e. The Morgan fingerprint density at radius 1 is 1.41 bits per heavy atom. The van der Waals surface area contributed by atoms with Crippen molar-refractivity contribution in [2.24, 2.45) is 0 Å². The topological polar surface area (TPSA) is 48.7 Å². The van der Waals surface area contributed by atoms with Crippen LogP contribution in [0.5, 0.6) is 0 Å². The minimum atomic E-state index is 0.392. The molecule has 0 saturated carbocycles. The maximum absolute atomic E-state index is 8.96. The number of hydrogen-bond donors (Lipinski definition) is 1. The second-order valence-corrected chi connectivity index (χ2v) is 4.43. The van der Waals surface area contributed by atoms with Crippen molar-refractivity contribution in [2.45, 2.75) is 52.0 Å². The van der Waals surface area contributed by atoms with Crippen LogP contribution in [-0.4, -0.2) is 11.0 Å². The summed E-state index contributed by atoms with van der Waals surface area (Å²) >= 11 is 0. The van der Waals surface area contributed by atoms with Crippen LogP contribution in [0.4, 0.5) is 5.69 Å². The van der Waals surface area contributed by atoms with Crippen molar-refractivity contribution < 1.29 is 0 Å². The standard InChI is InChI=1S/C14H21N3/c1-3-4-5-6-7-12(2)17-14-11-16-9-8-13(14)10-15/h8-9,11-12,17H,3-7H2,1-2H3. The van der Waals surface area contributed by atoms with Crippen molar-refractivity contribution in [2.75, 3.05) is 5.32 Å². The van der Waals surface area contributed by atoms with Crippen LogP contribution in [0.25, 0.3) is 0 Å². The number of pyridine rings is 1. The van der Waals surface area contributed by atoms with Crippen molar-refractivity contribution in [3.63, 3.8) is 0 Å². The average Bonchev–Trinajstić information content (AvgIpc) is 2.35. The highest BCUT2D eigenvalue weighted by Gasteiger charge is 2.05. The molecule has 3 heteroatoms. The van der Waals surface area contributed by atoms with Crippen LogP contribution in [0.1, 0.15) is 51.5 Å². The van der Waals surface area contributed by atoms with Crippen molar-refractivity contribution >= 4 is 5.69 Å². The molecule has 3 nitrogen and oxygen atoms in total. The fourth-order valence-electron chi connectivity index (χ4n) is 1.82. The van der Waals surface area contributed by atoms with Crippen molar-refractivity contribution in [1.82, 2.24) is 4.98 Å². The Kier molecular flexibility index (Phi) is 6.09. The summed E-state index contributed by atoms with van der Waals surface area (Å²) in [5.41, 5.74) is 1.51. The first-order chi connectivity index (χ1) is 8.27. The van der Waals surface area contributed by atoms with Crippen LogP contribution >= 0.6 is 0 Å². The lowest BCUT2D eigenvalue weighted by molar-refractivity contribution is 0.594. The van der Waals surface area contributed by atoms with E-state index in [1.165, 1.54) is 25.7 Å². The molecule has 1 aromatic rings. The van der Waals surface area contributed by atoms with Gasteiger partial charge in [-0.1, -0.05) is 32.6 Å². The van der Waals surface area contributed by atoms with Gasteiger partial charge in [0.2, 0.25) is 0 Å². The number of anilines is 1. The Bertz CT molecular complexity index is 368. The van der Waals surface area contributed by atoms with Crippen LogP contribution in [0.2, 0.25) is 0 Å². The normalized spacial score (nSPS) is 11.8. The molecule has 1 aromatic heterocycles. The Balaban J connectivity index is 2.40. The first-order valence-corrected chi connectivity index (χ1v) is 6.38. The van der Waals surface area contributed by atoms with Gasteiger partial charge < -0.3 is 5.32 Å². The SMILES string of the molecule is CCCCCCC(C)Nc1cnccc1C#N. The molecule has 1 heterocycles. The Morgan fingerprint density at radius 2 is 2.24 bits per heavy atom. The first kappa shape index (κ1) is 13.5. The van der Waals surface area contributed by atoms with Crippen LogP contribution < -0.4 is 5.32 Å². The molecule has 0 bridgehead atoms. The molecule has 0 aliphatic heterocycles. The highest BCUT2D eigenvalue weighted by Crippen LogP contribution is 2.15. The van der Waals surface area contributed by atoms with E-state index in [0.717, 1.165) is 12.1 Å². The number of nitrogens with one attached hydrogen (secondary N) is 1. The summed E-state index contributed by atoms with van der Waals surface area (Å²) in [5, 5.41) is 12.3. The second kappa shape index (κ2) is 7.67. The Hall–Kier alpha value is -1.56. The predicted octanol–water partition coefficient (Wildman–Crippen LogP) is 3.72. The number of rotatable bonds is 7. The van der Waals surface area contributed by atoms with Gasteiger partial charge in [0, 0.05) is 12.2 Å². The van der Waals surface area contributed by atoms with Gasteiger partial charge >= 0.3 is 0 Å². The molecule has 0 radical (unpaired) electrons. The smallest absolute Gasteiger partial charge is 0.101 e. The number of unbranched alkanes of at least 4 members (excludes halogenated alkanes) is 3. The zero-order valence-electron chi connectivity index (χ0n) is 10.7. The fourth-order valence-corrected chi connectivity index (χ4v) is 1.82. The summed E-state index contributed by atoms with van der Waals surface area (Å²) in [6.07, 6.45) is 9.62. The molecule has 0 amide bonds. The molecule has 1 rings (SSSR count). The molecule has 0 fully saturated rings. The Labute approximate surface area is 104 Å². The van der Waals surface area contributed by atoms with Crippen molar-refractivity contribution in [3.8, 4) is 6.07 Å². The molecule has 17 heavy (non-hydrogen) atoms. The molecule has 0 aliphatic carbocycles. The quantitative estimate of drug-likeness (QED) is 0.727. The van der Waals surface area contributed by atoms with Gasteiger partial charge in [0.05, 0.1) is 17.4 Å². The van der Waals surface area contributed by atoms with E-state index >= 15 is 0 Å². The van der Waals surface area contributed by atoms with E-state index in [1.54, 1.807) is 18.5 Å². The molecular formula is C14H21N3. The summed E-state index contributed by atoms with van der Waals surface area (Å²) < 4.78 is 0. The van der Waals surface area contributed by atoms with E-state index in [2.05, 4.69) is 30.2 Å². The van der Waals surface area contributed by atoms with Crippen LogP contribution in [-0.2, 0) is 0 Å². The van der Waals surface area contributed by atoms with E-state index in [4.69, 9.17) is 5.26 Å². The molecule has 0 aromatic carbocycles. The summed E-state index contributed by atoms with van der Waals surface area (Å²) in [7, 11) is 0. The number of nitriles is 1. The minimum absolute atomic E-state index is 0.392. The molecule has 1 atom stereocenters. The number of nitrogens with zero attached hydrogens (tertiary/aromatic N) is 2. The van der Waals surface area contributed by atoms with Gasteiger partial charge in [-0.05, 0) is 19.4 Å². The lowest BCUT2D eigenvalue weighted by Crippen LogP contribution is -2.15. The molecule has 92 valence electrons. The second-order valence-electron chi connectivity index (χ2n) is 4.43. The van der Waals surface area contributed by atoms with Gasteiger partial charge in [0.25, 0.3) is 0 Å². The van der Waals surface area contributed by atoms with Crippen LogP contribution in [0, 0.1) is 11.3 Å².